The topological polar surface area (TPSA) is 76.1 Å². The van der Waals surface area contributed by atoms with Gasteiger partial charge in [-0.2, -0.15) is 0 Å². The van der Waals surface area contributed by atoms with Gasteiger partial charge in [-0.05, 0) is 39.7 Å². The van der Waals surface area contributed by atoms with E-state index in [2.05, 4.69) is 11.8 Å². The molecule has 2 aliphatic heterocycles. The molecular weight excluding hydrogens is 310 g/mol. The molecule has 4 atom stereocenters. The highest BCUT2D eigenvalue weighted by atomic mass is 16.6. The third-order valence-corrected chi connectivity index (χ3v) is 6.23. The Labute approximate surface area is 143 Å². The fraction of sp³-hybridized carbons (Fsp3) is 0.889. The van der Waals surface area contributed by atoms with E-state index in [1.807, 2.05) is 0 Å². The second-order valence-corrected chi connectivity index (χ2v) is 7.73. The number of hydrogen-bond acceptors (Lipinski definition) is 6. The number of rotatable bonds is 5. The largest absolute Gasteiger partial charge is 0.465 e. The number of likely N-dealkylation sites (tertiary alicyclic amines) is 1. The van der Waals surface area contributed by atoms with Crippen molar-refractivity contribution in [1.82, 2.24) is 4.90 Å². The highest BCUT2D eigenvalue weighted by Gasteiger charge is 2.75. The zero-order valence-electron chi connectivity index (χ0n) is 15.0. The number of nitrogens with zero attached hydrogens (tertiary/aromatic N) is 1. The monoisotopic (exact) mass is 339 g/mol. The molecule has 2 bridgehead atoms. The molecule has 2 heterocycles. The van der Waals surface area contributed by atoms with Gasteiger partial charge in [0.25, 0.3) is 0 Å². The summed E-state index contributed by atoms with van der Waals surface area (Å²) in [5.74, 6) is -1.85. The molecule has 3 fully saturated rings. The van der Waals surface area contributed by atoms with Crippen LogP contribution in [0.25, 0.3) is 0 Å². The Balaban J connectivity index is 2.03. The number of aliphatic hydroxyl groups is 1. The highest BCUT2D eigenvalue weighted by Crippen LogP contribution is 2.64. The first kappa shape index (κ1) is 17.8. The van der Waals surface area contributed by atoms with E-state index in [0.29, 0.717) is 25.9 Å². The van der Waals surface area contributed by atoms with Gasteiger partial charge in [-0.3, -0.25) is 9.59 Å². The number of Topliss-reactive ketones (excluding diaryl/α,β-unsaturated/α-hetero) is 1. The van der Waals surface area contributed by atoms with E-state index < -0.39 is 16.6 Å². The molecule has 3 rings (SSSR count). The summed E-state index contributed by atoms with van der Waals surface area (Å²) >= 11 is 0. The maximum atomic E-state index is 12.9. The lowest BCUT2D eigenvalue weighted by atomic mass is 9.54. The predicted octanol–water partition coefficient (Wildman–Crippen LogP) is 1.50. The molecule has 0 spiro atoms. The predicted molar refractivity (Wildman–Crippen MR) is 87.2 cm³/mol. The maximum absolute atomic E-state index is 12.9. The molecule has 6 heteroatoms. The lowest BCUT2D eigenvalue weighted by Gasteiger charge is -2.60. The van der Waals surface area contributed by atoms with Crippen LogP contribution in [0, 0.1) is 10.8 Å². The van der Waals surface area contributed by atoms with E-state index in [1.165, 1.54) is 0 Å². The molecule has 24 heavy (non-hydrogen) atoms. The molecule has 0 amide bonds. The zero-order valence-corrected chi connectivity index (χ0v) is 15.0. The van der Waals surface area contributed by atoms with Crippen LogP contribution in [0.1, 0.15) is 52.9 Å². The minimum atomic E-state index is -1.53. The highest BCUT2D eigenvalue weighted by molar-refractivity contribution is 5.80. The molecule has 3 aliphatic rings. The molecule has 1 aliphatic carbocycles. The van der Waals surface area contributed by atoms with E-state index in [9.17, 15) is 14.7 Å². The molecule has 0 radical (unpaired) electrons. The maximum Gasteiger partial charge on any atom is 0.318 e. The van der Waals surface area contributed by atoms with Crippen molar-refractivity contribution in [3.8, 4) is 0 Å². The fourth-order valence-corrected chi connectivity index (χ4v) is 5.31. The van der Waals surface area contributed by atoms with Crippen LogP contribution in [-0.4, -0.2) is 59.9 Å². The smallest absolute Gasteiger partial charge is 0.318 e. The van der Waals surface area contributed by atoms with Gasteiger partial charge in [-0.1, -0.05) is 13.3 Å². The Morgan fingerprint density at radius 1 is 1.29 bits per heavy atom. The molecule has 2 unspecified atom stereocenters. The van der Waals surface area contributed by atoms with Crippen LogP contribution in [0.5, 0.6) is 0 Å². The third-order valence-electron chi connectivity index (χ3n) is 6.23. The van der Waals surface area contributed by atoms with E-state index >= 15 is 0 Å². The second-order valence-electron chi connectivity index (χ2n) is 7.73. The Bertz CT molecular complexity index is 538. The average molecular weight is 339 g/mol. The van der Waals surface area contributed by atoms with Gasteiger partial charge in [0.1, 0.15) is 11.2 Å². The van der Waals surface area contributed by atoms with Crippen molar-refractivity contribution >= 4 is 11.8 Å². The third kappa shape index (κ3) is 2.34. The van der Waals surface area contributed by atoms with Crippen LogP contribution in [0.4, 0.5) is 0 Å². The zero-order chi connectivity index (χ0) is 17.6. The molecule has 6 nitrogen and oxygen atoms in total. The number of hydrogen-bond donors (Lipinski definition) is 1. The Morgan fingerprint density at radius 3 is 2.67 bits per heavy atom. The average Bonchev–Trinajstić information content (AvgIpc) is 2.78. The molecule has 0 aromatic rings. The van der Waals surface area contributed by atoms with E-state index in [4.69, 9.17) is 9.47 Å². The lowest BCUT2D eigenvalue weighted by molar-refractivity contribution is -0.338. The summed E-state index contributed by atoms with van der Waals surface area (Å²) in [6, 6.07) is 0. The summed E-state index contributed by atoms with van der Waals surface area (Å²) < 4.78 is 11.5. The molecule has 0 aromatic heterocycles. The van der Waals surface area contributed by atoms with E-state index in [0.717, 1.165) is 19.4 Å². The summed E-state index contributed by atoms with van der Waals surface area (Å²) in [5, 5.41) is 11.7. The van der Waals surface area contributed by atoms with Gasteiger partial charge in [0.2, 0.25) is 0 Å². The Hall–Kier alpha value is -0.980. The van der Waals surface area contributed by atoms with Gasteiger partial charge in [0.15, 0.2) is 5.79 Å². The number of ether oxygens (including phenoxy) is 2. The molecular formula is C18H29NO5. The van der Waals surface area contributed by atoms with Gasteiger partial charge in [0, 0.05) is 24.9 Å². The minimum Gasteiger partial charge on any atom is -0.465 e. The van der Waals surface area contributed by atoms with E-state index in [1.54, 1.807) is 13.8 Å². The number of piperidine rings is 1. The molecule has 2 saturated heterocycles. The van der Waals surface area contributed by atoms with Crippen LogP contribution in [0.3, 0.4) is 0 Å². The van der Waals surface area contributed by atoms with Crippen molar-refractivity contribution in [2.24, 2.45) is 10.8 Å². The van der Waals surface area contributed by atoms with Crippen LogP contribution >= 0.6 is 0 Å². The number of ketones is 1. The first-order valence-electron chi connectivity index (χ1n) is 9.12. The number of carbonyl (C=O) groups excluding carboxylic acids is 2. The van der Waals surface area contributed by atoms with Crippen molar-refractivity contribution in [2.45, 2.75) is 64.8 Å². The van der Waals surface area contributed by atoms with Crippen molar-refractivity contribution in [3.63, 3.8) is 0 Å². The van der Waals surface area contributed by atoms with Crippen molar-refractivity contribution in [2.75, 3.05) is 26.2 Å². The standard InChI is InChI=1S/C18H29NO5/c1-4-19-11-16-7-6-8-17(12-19,15(21)23-5-2)18(16,22)24-14(10-16)9-13(3)20/h14,22H,4-12H2,1-3H3/t14?,16-,17-,18?/m0/s1. The first-order chi connectivity index (χ1) is 11.3. The van der Waals surface area contributed by atoms with Crippen molar-refractivity contribution in [1.29, 1.82) is 0 Å². The van der Waals surface area contributed by atoms with Crippen LogP contribution in [0.15, 0.2) is 0 Å². The lowest BCUT2D eigenvalue weighted by Crippen LogP contribution is -2.73. The van der Waals surface area contributed by atoms with Gasteiger partial charge in [-0.15, -0.1) is 0 Å². The number of carbonyl (C=O) groups is 2. The summed E-state index contributed by atoms with van der Waals surface area (Å²) in [6.45, 7) is 7.65. The van der Waals surface area contributed by atoms with Crippen LogP contribution in [0.2, 0.25) is 0 Å². The minimum absolute atomic E-state index is 0.0470. The second kappa shape index (κ2) is 6.07. The molecule has 1 N–H and O–H groups in total. The molecule has 1 saturated carbocycles. The first-order valence-corrected chi connectivity index (χ1v) is 9.12. The van der Waals surface area contributed by atoms with E-state index in [-0.39, 0.29) is 30.9 Å². The summed E-state index contributed by atoms with van der Waals surface area (Å²) in [7, 11) is 0. The summed E-state index contributed by atoms with van der Waals surface area (Å²) in [5.41, 5.74) is -1.55. The Morgan fingerprint density at radius 2 is 2.04 bits per heavy atom. The van der Waals surface area contributed by atoms with Gasteiger partial charge >= 0.3 is 5.97 Å². The van der Waals surface area contributed by atoms with Gasteiger partial charge in [0.05, 0.1) is 12.7 Å². The van der Waals surface area contributed by atoms with Crippen LogP contribution in [-0.2, 0) is 19.1 Å². The fourth-order valence-electron chi connectivity index (χ4n) is 5.31. The SMILES string of the molecule is CCOC(=O)[C@@]12CCC[C@]3(CC(CC(C)=O)OC31O)CN(CC)C2. The van der Waals surface area contributed by atoms with Crippen molar-refractivity contribution in [3.05, 3.63) is 0 Å². The molecule has 136 valence electrons. The van der Waals surface area contributed by atoms with Gasteiger partial charge < -0.3 is 19.5 Å². The van der Waals surface area contributed by atoms with Crippen molar-refractivity contribution < 1.29 is 24.2 Å². The number of esters is 1. The van der Waals surface area contributed by atoms with Gasteiger partial charge in [-0.25, -0.2) is 0 Å². The Kier molecular flexibility index (Phi) is 4.51. The quantitative estimate of drug-likeness (QED) is 0.765. The normalized spacial score (nSPS) is 41.8. The molecule has 0 aromatic carbocycles. The summed E-state index contributed by atoms with van der Waals surface area (Å²) in [6.07, 6.45) is 2.84. The summed E-state index contributed by atoms with van der Waals surface area (Å²) in [4.78, 5) is 26.7. The van der Waals surface area contributed by atoms with Crippen LogP contribution < -0.4 is 0 Å².